The third kappa shape index (κ3) is 3.45. The largest absolute Gasteiger partial charge is 0.341 e. The minimum atomic E-state index is -0.167. The van der Waals surface area contributed by atoms with Gasteiger partial charge in [0.05, 0.1) is 5.92 Å². The van der Waals surface area contributed by atoms with Gasteiger partial charge in [0.15, 0.2) is 0 Å². The number of likely N-dealkylation sites (tertiary alicyclic amines) is 2. The van der Waals surface area contributed by atoms with Gasteiger partial charge in [0.2, 0.25) is 11.8 Å². The van der Waals surface area contributed by atoms with Crippen LogP contribution >= 0.6 is 0 Å². The monoisotopic (exact) mass is 268 g/mol. The van der Waals surface area contributed by atoms with Crippen LogP contribution in [-0.2, 0) is 9.59 Å². The van der Waals surface area contributed by atoms with Crippen molar-refractivity contribution in [3.8, 4) is 0 Å². The molecule has 6 nitrogen and oxygen atoms in total. The first-order chi connectivity index (χ1) is 8.97. The molecule has 108 valence electrons. The fraction of sp³-hybridized carbons (Fsp3) is 0.846. The predicted octanol–water partition coefficient (Wildman–Crippen LogP) is -1.04. The summed E-state index contributed by atoms with van der Waals surface area (Å²) in [5.74, 6) is 0.0392. The molecular weight excluding hydrogens is 244 g/mol. The van der Waals surface area contributed by atoms with Crippen LogP contribution in [0, 0.1) is 5.92 Å². The van der Waals surface area contributed by atoms with Crippen LogP contribution in [0.15, 0.2) is 0 Å². The molecule has 2 aliphatic rings. The summed E-state index contributed by atoms with van der Waals surface area (Å²) in [7, 11) is 3.96. The van der Waals surface area contributed by atoms with Crippen molar-refractivity contribution in [3.63, 3.8) is 0 Å². The molecule has 2 atom stereocenters. The van der Waals surface area contributed by atoms with E-state index in [0.717, 1.165) is 19.5 Å². The molecule has 0 aliphatic carbocycles. The number of rotatable bonds is 4. The van der Waals surface area contributed by atoms with E-state index < -0.39 is 0 Å². The number of hydrogen-bond acceptors (Lipinski definition) is 4. The maximum atomic E-state index is 12.3. The summed E-state index contributed by atoms with van der Waals surface area (Å²) in [6.07, 6.45) is 1.23. The van der Waals surface area contributed by atoms with Crippen molar-refractivity contribution in [2.24, 2.45) is 11.7 Å². The van der Waals surface area contributed by atoms with E-state index in [1.807, 2.05) is 23.9 Å². The van der Waals surface area contributed by atoms with Crippen LogP contribution in [-0.4, -0.2) is 79.4 Å². The molecule has 0 aromatic carbocycles. The van der Waals surface area contributed by atoms with Crippen LogP contribution in [0.4, 0.5) is 0 Å². The molecule has 19 heavy (non-hydrogen) atoms. The zero-order valence-electron chi connectivity index (χ0n) is 11.8. The zero-order valence-corrected chi connectivity index (χ0v) is 11.8. The van der Waals surface area contributed by atoms with Crippen molar-refractivity contribution in [3.05, 3.63) is 0 Å². The van der Waals surface area contributed by atoms with E-state index in [2.05, 4.69) is 0 Å². The van der Waals surface area contributed by atoms with Crippen molar-refractivity contribution in [1.29, 1.82) is 0 Å². The molecule has 0 saturated carbocycles. The first-order valence-corrected chi connectivity index (χ1v) is 6.94. The van der Waals surface area contributed by atoms with E-state index >= 15 is 0 Å². The molecule has 0 aromatic heterocycles. The van der Waals surface area contributed by atoms with Gasteiger partial charge in [-0.3, -0.25) is 9.59 Å². The smallest absolute Gasteiger partial charge is 0.228 e. The van der Waals surface area contributed by atoms with Crippen LogP contribution in [0.25, 0.3) is 0 Å². The van der Waals surface area contributed by atoms with Crippen molar-refractivity contribution in [2.45, 2.75) is 18.9 Å². The van der Waals surface area contributed by atoms with E-state index in [9.17, 15) is 9.59 Å². The number of hydrogen-bond donors (Lipinski definition) is 1. The van der Waals surface area contributed by atoms with Crippen molar-refractivity contribution in [2.75, 3.05) is 46.8 Å². The van der Waals surface area contributed by atoms with E-state index in [-0.39, 0.29) is 23.8 Å². The second-order valence-corrected chi connectivity index (χ2v) is 5.88. The Morgan fingerprint density at radius 3 is 2.74 bits per heavy atom. The van der Waals surface area contributed by atoms with Crippen LogP contribution in [0.2, 0.25) is 0 Å². The topological polar surface area (TPSA) is 69.9 Å². The van der Waals surface area contributed by atoms with Crippen molar-refractivity contribution < 1.29 is 9.59 Å². The molecule has 2 rings (SSSR count). The lowest BCUT2D eigenvalue weighted by molar-refractivity contribution is -0.134. The maximum absolute atomic E-state index is 12.3. The molecule has 2 heterocycles. The standard InChI is InChI=1S/C13H24N4O2/c1-15(2)5-6-16-8-10(7-12(16)18)13(19)17-4-3-11(14)9-17/h10-11H,3-9,14H2,1-2H3/t10?,11-/m0/s1. The highest BCUT2D eigenvalue weighted by atomic mass is 16.2. The highest BCUT2D eigenvalue weighted by molar-refractivity contribution is 5.89. The third-order valence-corrected chi connectivity index (χ3v) is 3.92. The second kappa shape index (κ2) is 5.88. The molecule has 2 saturated heterocycles. The molecule has 1 unspecified atom stereocenters. The molecule has 6 heteroatoms. The molecule has 0 spiro atoms. The molecule has 2 fully saturated rings. The first kappa shape index (κ1) is 14.3. The molecule has 0 bridgehead atoms. The quantitative estimate of drug-likeness (QED) is 0.707. The van der Waals surface area contributed by atoms with Gasteiger partial charge in [-0.25, -0.2) is 0 Å². The van der Waals surface area contributed by atoms with Gasteiger partial charge in [0.1, 0.15) is 0 Å². The van der Waals surface area contributed by atoms with Crippen LogP contribution in [0.1, 0.15) is 12.8 Å². The van der Waals surface area contributed by atoms with E-state index in [4.69, 9.17) is 5.73 Å². The fourth-order valence-corrected chi connectivity index (χ4v) is 2.72. The van der Waals surface area contributed by atoms with Crippen LogP contribution in [0.5, 0.6) is 0 Å². The minimum Gasteiger partial charge on any atom is -0.341 e. The Labute approximate surface area is 114 Å². The van der Waals surface area contributed by atoms with Gasteiger partial charge in [-0.15, -0.1) is 0 Å². The molecular formula is C13H24N4O2. The number of nitrogens with zero attached hydrogens (tertiary/aromatic N) is 3. The van der Waals surface area contributed by atoms with Gasteiger partial charge in [-0.2, -0.15) is 0 Å². The summed E-state index contributed by atoms with van der Waals surface area (Å²) >= 11 is 0. The van der Waals surface area contributed by atoms with E-state index in [0.29, 0.717) is 26.1 Å². The Morgan fingerprint density at radius 2 is 2.16 bits per heavy atom. The van der Waals surface area contributed by atoms with Crippen LogP contribution in [0.3, 0.4) is 0 Å². The third-order valence-electron chi connectivity index (χ3n) is 3.92. The van der Waals surface area contributed by atoms with Gasteiger partial charge in [-0.1, -0.05) is 0 Å². The number of carbonyl (C=O) groups is 2. The fourth-order valence-electron chi connectivity index (χ4n) is 2.72. The molecule has 2 amide bonds. The number of likely N-dealkylation sites (N-methyl/N-ethyl adjacent to an activating group) is 1. The highest BCUT2D eigenvalue weighted by Gasteiger charge is 2.37. The lowest BCUT2D eigenvalue weighted by Gasteiger charge is -2.21. The van der Waals surface area contributed by atoms with E-state index in [1.54, 1.807) is 4.90 Å². The summed E-state index contributed by atoms with van der Waals surface area (Å²) in [4.78, 5) is 29.9. The summed E-state index contributed by atoms with van der Waals surface area (Å²) < 4.78 is 0. The van der Waals surface area contributed by atoms with E-state index in [1.165, 1.54) is 0 Å². The Hall–Kier alpha value is -1.14. The number of nitrogens with two attached hydrogens (primary N) is 1. The lowest BCUT2D eigenvalue weighted by Crippen LogP contribution is -2.38. The maximum Gasteiger partial charge on any atom is 0.228 e. The number of carbonyl (C=O) groups excluding carboxylic acids is 2. The summed E-state index contributed by atoms with van der Waals surface area (Å²) in [5, 5.41) is 0. The average Bonchev–Trinajstić information content (AvgIpc) is 2.92. The highest BCUT2D eigenvalue weighted by Crippen LogP contribution is 2.21. The first-order valence-electron chi connectivity index (χ1n) is 6.94. The lowest BCUT2D eigenvalue weighted by atomic mass is 10.1. The van der Waals surface area contributed by atoms with Gasteiger partial charge in [0.25, 0.3) is 0 Å². The summed E-state index contributed by atoms with van der Waals surface area (Å²) in [5.41, 5.74) is 5.82. The van der Waals surface area contributed by atoms with Gasteiger partial charge in [0, 0.05) is 45.2 Å². The Kier molecular flexibility index (Phi) is 4.42. The normalized spacial score (nSPS) is 27.7. The number of amides is 2. The predicted molar refractivity (Wildman–Crippen MR) is 72.4 cm³/mol. The van der Waals surface area contributed by atoms with Gasteiger partial charge < -0.3 is 20.4 Å². The zero-order chi connectivity index (χ0) is 14.0. The Bertz CT molecular complexity index is 359. The van der Waals surface area contributed by atoms with Crippen molar-refractivity contribution >= 4 is 11.8 Å². The van der Waals surface area contributed by atoms with Gasteiger partial charge >= 0.3 is 0 Å². The van der Waals surface area contributed by atoms with Crippen molar-refractivity contribution in [1.82, 2.24) is 14.7 Å². The average molecular weight is 268 g/mol. The Balaban J connectivity index is 1.86. The Morgan fingerprint density at radius 1 is 1.42 bits per heavy atom. The molecule has 2 N–H and O–H groups in total. The SMILES string of the molecule is CN(C)CCN1CC(C(=O)N2CC[C@H](N)C2)CC1=O. The van der Waals surface area contributed by atoms with Crippen LogP contribution < -0.4 is 5.73 Å². The molecule has 0 aromatic rings. The summed E-state index contributed by atoms with van der Waals surface area (Å²) in [6, 6.07) is 0.103. The molecule has 0 radical (unpaired) electrons. The van der Waals surface area contributed by atoms with Gasteiger partial charge in [-0.05, 0) is 20.5 Å². The second-order valence-electron chi connectivity index (χ2n) is 5.88. The molecule has 2 aliphatic heterocycles. The minimum absolute atomic E-state index is 0.101. The summed E-state index contributed by atoms with van der Waals surface area (Å²) in [6.45, 7) is 3.48.